The summed E-state index contributed by atoms with van der Waals surface area (Å²) in [5, 5.41) is 13.5. The van der Waals surface area contributed by atoms with E-state index in [0.29, 0.717) is 22.0 Å². The van der Waals surface area contributed by atoms with Gasteiger partial charge in [-0.3, -0.25) is 0 Å². The van der Waals surface area contributed by atoms with E-state index in [1.54, 1.807) is 25.3 Å². The van der Waals surface area contributed by atoms with Gasteiger partial charge < -0.3 is 15.2 Å². The second-order valence-electron chi connectivity index (χ2n) is 4.41. The Morgan fingerprint density at radius 2 is 2.00 bits per heavy atom. The van der Waals surface area contributed by atoms with E-state index >= 15 is 0 Å². The Labute approximate surface area is 122 Å². The molecule has 1 atom stereocenters. The molecule has 0 spiro atoms. The predicted octanol–water partition coefficient (Wildman–Crippen LogP) is 4.37. The summed E-state index contributed by atoms with van der Waals surface area (Å²) in [7, 11) is 1.55. The molecule has 3 nitrogen and oxygen atoms in total. The highest BCUT2D eigenvalue weighted by molar-refractivity contribution is 6.30. The van der Waals surface area contributed by atoms with Gasteiger partial charge >= 0.3 is 0 Å². The summed E-state index contributed by atoms with van der Waals surface area (Å²) in [6, 6.07) is 8.71. The van der Waals surface area contributed by atoms with Gasteiger partial charge in [-0.05, 0) is 43.3 Å². The number of benzene rings is 2. The summed E-state index contributed by atoms with van der Waals surface area (Å²) in [4.78, 5) is 0. The number of hydrogen-bond donors (Lipinski definition) is 2. The molecule has 2 aromatic carbocycles. The number of aromatic hydroxyl groups is 1. The van der Waals surface area contributed by atoms with Crippen LogP contribution in [-0.4, -0.2) is 12.2 Å². The van der Waals surface area contributed by atoms with E-state index in [-0.39, 0.29) is 11.8 Å². The van der Waals surface area contributed by atoms with Crippen molar-refractivity contribution in [3.05, 3.63) is 52.8 Å². The number of phenols is 1. The van der Waals surface area contributed by atoms with Crippen LogP contribution in [0.25, 0.3) is 0 Å². The normalized spacial score (nSPS) is 12.0. The minimum absolute atomic E-state index is 0.0346. The SMILES string of the molecule is COc1ccc(Cl)cc1NC(C)c1cc(F)ccc1O. The Morgan fingerprint density at radius 3 is 2.70 bits per heavy atom. The molecule has 0 radical (unpaired) electrons. The quantitative estimate of drug-likeness (QED) is 0.880. The van der Waals surface area contributed by atoms with Crippen molar-refractivity contribution in [1.29, 1.82) is 0 Å². The first-order chi connectivity index (χ1) is 9.51. The number of nitrogens with one attached hydrogen (secondary N) is 1. The molecule has 0 amide bonds. The molecule has 0 aliphatic heterocycles. The Balaban J connectivity index is 2.29. The first-order valence-corrected chi connectivity index (χ1v) is 6.47. The van der Waals surface area contributed by atoms with E-state index in [1.165, 1.54) is 18.2 Å². The van der Waals surface area contributed by atoms with Gasteiger partial charge in [-0.15, -0.1) is 0 Å². The smallest absolute Gasteiger partial charge is 0.142 e. The van der Waals surface area contributed by atoms with Crippen molar-refractivity contribution in [3.63, 3.8) is 0 Å². The van der Waals surface area contributed by atoms with Gasteiger partial charge in [-0.25, -0.2) is 4.39 Å². The van der Waals surface area contributed by atoms with Crippen LogP contribution in [0.15, 0.2) is 36.4 Å². The Hall–Kier alpha value is -1.94. The van der Waals surface area contributed by atoms with Crippen molar-refractivity contribution in [2.75, 3.05) is 12.4 Å². The second-order valence-corrected chi connectivity index (χ2v) is 4.85. The third-order valence-electron chi connectivity index (χ3n) is 2.99. The maximum atomic E-state index is 13.3. The van der Waals surface area contributed by atoms with Crippen LogP contribution in [0.4, 0.5) is 10.1 Å². The van der Waals surface area contributed by atoms with Gasteiger partial charge in [0.1, 0.15) is 17.3 Å². The first kappa shape index (κ1) is 14.5. The van der Waals surface area contributed by atoms with E-state index < -0.39 is 5.82 Å². The zero-order valence-corrected chi connectivity index (χ0v) is 11.9. The molecule has 0 saturated heterocycles. The second kappa shape index (κ2) is 6.01. The lowest BCUT2D eigenvalue weighted by Gasteiger charge is -2.19. The molecule has 0 saturated carbocycles. The fourth-order valence-corrected chi connectivity index (χ4v) is 2.15. The third-order valence-corrected chi connectivity index (χ3v) is 3.22. The fourth-order valence-electron chi connectivity index (χ4n) is 1.98. The van der Waals surface area contributed by atoms with Crippen molar-refractivity contribution in [1.82, 2.24) is 0 Å². The van der Waals surface area contributed by atoms with Crippen LogP contribution in [0.3, 0.4) is 0 Å². The van der Waals surface area contributed by atoms with E-state index in [2.05, 4.69) is 5.32 Å². The first-order valence-electron chi connectivity index (χ1n) is 6.09. The predicted molar refractivity (Wildman–Crippen MR) is 78.1 cm³/mol. The molecule has 20 heavy (non-hydrogen) atoms. The van der Waals surface area contributed by atoms with Crippen molar-refractivity contribution in [3.8, 4) is 11.5 Å². The average molecular weight is 296 g/mol. The molecule has 0 bridgehead atoms. The van der Waals surface area contributed by atoms with Gasteiger partial charge in [0, 0.05) is 10.6 Å². The van der Waals surface area contributed by atoms with Crippen LogP contribution in [0.1, 0.15) is 18.5 Å². The molecule has 0 aliphatic carbocycles. The van der Waals surface area contributed by atoms with E-state index in [1.807, 2.05) is 6.92 Å². The molecule has 5 heteroatoms. The largest absolute Gasteiger partial charge is 0.508 e. The number of phenolic OH excluding ortho intramolecular Hbond substituents is 1. The molecule has 0 aliphatic rings. The fraction of sp³-hybridized carbons (Fsp3) is 0.200. The van der Waals surface area contributed by atoms with Crippen molar-refractivity contribution >= 4 is 17.3 Å². The summed E-state index contributed by atoms with van der Waals surface area (Å²) in [5.41, 5.74) is 1.14. The lowest BCUT2D eigenvalue weighted by molar-refractivity contribution is 0.416. The molecule has 0 fully saturated rings. The Kier molecular flexibility index (Phi) is 4.35. The van der Waals surface area contributed by atoms with Crippen LogP contribution < -0.4 is 10.1 Å². The number of ether oxygens (including phenoxy) is 1. The average Bonchev–Trinajstić information content (AvgIpc) is 2.41. The van der Waals surface area contributed by atoms with Gasteiger partial charge in [0.15, 0.2) is 0 Å². The molecule has 2 rings (SSSR count). The van der Waals surface area contributed by atoms with Crippen molar-refractivity contribution in [2.24, 2.45) is 0 Å². The van der Waals surface area contributed by atoms with Crippen LogP contribution in [-0.2, 0) is 0 Å². The summed E-state index contributed by atoms with van der Waals surface area (Å²) < 4.78 is 18.5. The minimum atomic E-state index is -0.399. The van der Waals surface area contributed by atoms with Gasteiger partial charge in [-0.2, -0.15) is 0 Å². The highest BCUT2D eigenvalue weighted by Gasteiger charge is 2.13. The number of anilines is 1. The minimum Gasteiger partial charge on any atom is -0.508 e. The lowest BCUT2D eigenvalue weighted by Crippen LogP contribution is -2.08. The maximum absolute atomic E-state index is 13.3. The molecule has 106 valence electrons. The lowest BCUT2D eigenvalue weighted by atomic mass is 10.1. The molecular formula is C15H15ClFNO2. The topological polar surface area (TPSA) is 41.5 Å². The molecule has 0 heterocycles. The van der Waals surface area contributed by atoms with Gasteiger partial charge in [0.05, 0.1) is 18.8 Å². The summed E-state index contributed by atoms with van der Waals surface area (Å²) in [6.45, 7) is 1.81. The monoisotopic (exact) mass is 295 g/mol. The van der Waals surface area contributed by atoms with E-state index in [4.69, 9.17) is 16.3 Å². The number of halogens is 2. The van der Waals surface area contributed by atoms with Crippen LogP contribution in [0, 0.1) is 5.82 Å². The van der Waals surface area contributed by atoms with Crippen molar-refractivity contribution in [2.45, 2.75) is 13.0 Å². The molecule has 2 N–H and O–H groups in total. The standard InChI is InChI=1S/C15H15ClFNO2/c1-9(12-8-11(17)4-5-14(12)19)18-13-7-10(16)3-6-15(13)20-2/h3-9,18-19H,1-2H3. The Bertz CT molecular complexity index is 619. The zero-order chi connectivity index (χ0) is 14.7. The molecule has 2 aromatic rings. The third kappa shape index (κ3) is 3.14. The number of rotatable bonds is 4. The summed E-state index contributed by atoms with van der Waals surface area (Å²) in [6.07, 6.45) is 0. The van der Waals surface area contributed by atoms with E-state index in [9.17, 15) is 9.50 Å². The number of methoxy groups -OCH3 is 1. The Morgan fingerprint density at radius 1 is 1.25 bits per heavy atom. The maximum Gasteiger partial charge on any atom is 0.142 e. The van der Waals surface area contributed by atoms with E-state index in [0.717, 1.165) is 0 Å². The van der Waals surface area contributed by atoms with Crippen LogP contribution >= 0.6 is 11.6 Å². The molecular weight excluding hydrogens is 281 g/mol. The highest BCUT2D eigenvalue weighted by Crippen LogP contribution is 2.33. The van der Waals surface area contributed by atoms with Gasteiger partial charge in [0.25, 0.3) is 0 Å². The zero-order valence-electron chi connectivity index (χ0n) is 11.2. The summed E-state index contributed by atoms with van der Waals surface area (Å²) in [5.74, 6) is 0.258. The van der Waals surface area contributed by atoms with Gasteiger partial charge in [-0.1, -0.05) is 11.6 Å². The highest BCUT2D eigenvalue weighted by atomic mass is 35.5. The van der Waals surface area contributed by atoms with Crippen LogP contribution in [0.2, 0.25) is 5.02 Å². The van der Waals surface area contributed by atoms with Crippen molar-refractivity contribution < 1.29 is 14.2 Å². The number of hydrogen-bond acceptors (Lipinski definition) is 3. The summed E-state index contributed by atoms with van der Waals surface area (Å²) >= 11 is 5.95. The molecule has 1 unspecified atom stereocenters. The van der Waals surface area contributed by atoms with Gasteiger partial charge in [0.2, 0.25) is 0 Å². The van der Waals surface area contributed by atoms with Crippen LogP contribution in [0.5, 0.6) is 11.5 Å². The molecule has 0 aromatic heterocycles.